The van der Waals surface area contributed by atoms with E-state index in [4.69, 9.17) is 10.8 Å². The van der Waals surface area contributed by atoms with Gasteiger partial charge >= 0.3 is 0 Å². The number of aromatic amines is 1. The largest absolute Gasteiger partial charge is 0.348 e. The van der Waals surface area contributed by atoms with E-state index in [1.54, 1.807) is 11.2 Å². The molecule has 0 saturated carbocycles. The van der Waals surface area contributed by atoms with Gasteiger partial charge in [-0.1, -0.05) is 55.0 Å². The minimum atomic E-state index is 0.743. The monoisotopic (exact) mass is 424 g/mol. The Kier molecular flexibility index (Phi) is 5.37. The van der Waals surface area contributed by atoms with E-state index in [1.165, 1.54) is 27.8 Å². The van der Waals surface area contributed by atoms with Gasteiger partial charge < -0.3 is 4.90 Å². The lowest BCUT2D eigenvalue weighted by Gasteiger charge is -2.29. The molecule has 3 aromatic rings. The van der Waals surface area contributed by atoms with E-state index in [-0.39, 0.29) is 0 Å². The Morgan fingerprint density at radius 2 is 1.94 bits per heavy atom. The number of benzene rings is 2. The number of amidine groups is 1. The number of rotatable bonds is 4. The predicted octanol–water partition coefficient (Wildman–Crippen LogP) is 4.31. The van der Waals surface area contributed by atoms with Crippen LogP contribution in [0.5, 0.6) is 0 Å². The molecule has 3 heterocycles. The number of aromatic nitrogens is 2. The lowest BCUT2D eigenvalue weighted by molar-refractivity contribution is 0.436. The normalized spacial score (nSPS) is 16.9. The van der Waals surface area contributed by atoms with Crippen LogP contribution in [0.15, 0.2) is 77.8 Å². The Balaban J connectivity index is 1.48. The van der Waals surface area contributed by atoms with Crippen LogP contribution < -0.4 is 5.84 Å². The molecule has 32 heavy (non-hydrogen) atoms. The number of nitrogens with one attached hydrogen (secondary N) is 1. The Morgan fingerprint density at radius 3 is 2.75 bits per heavy atom. The van der Waals surface area contributed by atoms with Crippen molar-refractivity contribution in [2.45, 2.75) is 39.8 Å². The molecule has 3 N–H and O–H groups in total. The summed E-state index contributed by atoms with van der Waals surface area (Å²) in [6.07, 6.45) is 9.61. The second kappa shape index (κ2) is 8.48. The number of H-pyrrole nitrogens is 1. The smallest absolute Gasteiger partial charge is 0.146 e. The van der Waals surface area contributed by atoms with Crippen molar-refractivity contribution in [1.82, 2.24) is 20.1 Å². The summed E-state index contributed by atoms with van der Waals surface area (Å²) in [5.74, 6) is 8.19. The fourth-order valence-electron chi connectivity index (χ4n) is 4.31. The third-order valence-corrected chi connectivity index (χ3v) is 6.12. The number of aryl methyl sites for hydroxylation is 2. The molecule has 0 amide bonds. The average Bonchev–Trinajstić information content (AvgIpc) is 3.48. The summed E-state index contributed by atoms with van der Waals surface area (Å²) < 4.78 is 0. The Morgan fingerprint density at radius 1 is 1.09 bits per heavy atom. The van der Waals surface area contributed by atoms with Gasteiger partial charge in [0.05, 0.1) is 11.9 Å². The molecule has 6 nitrogen and oxygen atoms in total. The second-order valence-corrected chi connectivity index (χ2v) is 8.42. The zero-order valence-electron chi connectivity index (χ0n) is 18.5. The van der Waals surface area contributed by atoms with Crippen molar-refractivity contribution < 1.29 is 0 Å². The van der Waals surface area contributed by atoms with Crippen molar-refractivity contribution in [2.75, 3.05) is 0 Å². The molecule has 0 bridgehead atoms. The molecule has 2 aliphatic rings. The first kappa shape index (κ1) is 20.3. The first-order valence-electron chi connectivity index (χ1n) is 11.1. The predicted molar refractivity (Wildman–Crippen MR) is 128 cm³/mol. The number of nitrogens with zero attached hydrogens (tertiary/aromatic N) is 4. The first-order chi connectivity index (χ1) is 15.6. The van der Waals surface area contributed by atoms with Gasteiger partial charge in [-0.25, -0.2) is 10.8 Å². The molecular weight excluding hydrogens is 396 g/mol. The van der Waals surface area contributed by atoms with Crippen molar-refractivity contribution in [3.63, 3.8) is 0 Å². The summed E-state index contributed by atoms with van der Waals surface area (Å²) in [5, 5.41) is 8.66. The van der Waals surface area contributed by atoms with Crippen LogP contribution in [0.1, 0.15) is 40.3 Å². The summed E-state index contributed by atoms with van der Waals surface area (Å²) >= 11 is 0. The highest BCUT2D eigenvalue weighted by Crippen LogP contribution is 2.30. The number of hydrazine groups is 1. The number of hydrogen-bond donors (Lipinski definition) is 2. The van der Waals surface area contributed by atoms with Crippen LogP contribution in [-0.4, -0.2) is 25.9 Å². The Hall–Kier alpha value is -3.64. The van der Waals surface area contributed by atoms with Gasteiger partial charge in [-0.05, 0) is 48.1 Å². The third-order valence-electron chi connectivity index (χ3n) is 6.12. The molecular formula is C26H28N6. The van der Waals surface area contributed by atoms with Crippen molar-refractivity contribution in [1.29, 1.82) is 0 Å². The van der Waals surface area contributed by atoms with Crippen LogP contribution in [0.2, 0.25) is 0 Å². The van der Waals surface area contributed by atoms with Crippen molar-refractivity contribution in [3.05, 3.63) is 106 Å². The van der Waals surface area contributed by atoms with Gasteiger partial charge in [-0.15, -0.1) is 0 Å². The van der Waals surface area contributed by atoms with Crippen molar-refractivity contribution >= 4 is 11.5 Å². The van der Waals surface area contributed by atoms with Crippen molar-refractivity contribution in [3.8, 4) is 0 Å². The van der Waals surface area contributed by atoms with Crippen LogP contribution >= 0.6 is 0 Å². The first-order valence-corrected chi connectivity index (χ1v) is 11.1. The fourth-order valence-corrected chi connectivity index (χ4v) is 4.31. The number of nitrogens with two attached hydrogens (primary N) is 1. The van der Waals surface area contributed by atoms with Crippen LogP contribution in [0.3, 0.4) is 0 Å². The molecule has 0 radical (unpaired) electrons. The molecule has 2 aromatic carbocycles. The highest BCUT2D eigenvalue weighted by molar-refractivity contribution is 6.01. The highest BCUT2D eigenvalue weighted by atomic mass is 15.5. The maximum atomic E-state index is 6.53. The molecule has 0 fully saturated rings. The van der Waals surface area contributed by atoms with E-state index in [0.29, 0.717) is 0 Å². The minimum absolute atomic E-state index is 0.743. The zero-order chi connectivity index (χ0) is 22.1. The SMILES string of the molecule is CCc1cccc(C/C=C2/N=C(N3Cc4ccc(C)cc4C3)C=C(c3cn[nH]c3)N2N)c1. The molecule has 0 spiro atoms. The molecule has 6 heteroatoms. The van der Waals surface area contributed by atoms with Crippen LogP contribution in [0, 0.1) is 6.92 Å². The molecule has 5 rings (SSSR count). The standard InChI is InChI=1S/C26H28N6/c1-3-19-5-4-6-20(12-19)8-10-25-30-26(13-24(32(25)27)23-14-28-29-15-23)31-16-21-9-7-18(2)11-22(21)17-31/h4-7,9-15H,3,8,16-17,27H2,1-2H3,(H,28,29)/b25-10-. The quantitative estimate of drug-likeness (QED) is 0.612. The van der Waals surface area contributed by atoms with Gasteiger partial charge in [-0.2, -0.15) is 5.10 Å². The van der Waals surface area contributed by atoms with E-state index in [2.05, 4.69) is 83.6 Å². The van der Waals surface area contributed by atoms with Crippen LogP contribution in [-0.2, 0) is 25.9 Å². The summed E-state index contributed by atoms with van der Waals surface area (Å²) in [6, 6.07) is 15.3. The molecule has 162 valence electrons. The van der Waals surface area contributed by atoms with Crippen molar-refractivity contribution in [2.24, 2.45) is 10.8 Å². The van der Waals surface area contributed by atoms with Gasteiger partial charge in [-0.3, -0.25) is 10.1 Å². The lowest BCUT2D eigenvalue weighted by atomic mass is 10.1. The molecule has 0 saturated heterocycles. The molecule has 0 unspecified atom stereocenters. The van der Waals surface area contributed by atoms with Gasteiger partial charge in [0.25, 0.3) is 0 Å². The lowest BCUT2D eigenvalue weighted by Crippen LogP contribution is -2.35. The molecule has 1 aromatic heterocycles. The fraction of sp³-hybridized carbons (Fsp3) is 0.231. The minimum Gasteiger partial charge on any atom is -0.348 e. The summed E-state index contributed by atoms with van der Waals surface area (Å²) in [6.45, 7) is 6.01. The van der Waals surface area contributed by atoms with E-state index < -0.39 is 0 Å². The number of aliphatic imine (C=N–C) groups is 1. The molecule has 0 aliphatic carbocycles. The maximum absolute atomic E-state index is 6.53. The van der Waals surface area contributed by atoms with E-state index in [1.807, 2.05) is 6.20 Å². The average molecular weight is 425 g/mol. The number of hydrogen-bond acceptors (Lipinski definition) is 5. The van der Waals surface area contributed by atoms with E-state index in [9.17, 15) is 0 Å². The molecule has 0 atom stereocenters. The van der Waals surface area contributed by atoms with E-state index in [0.717, 1.165) is 48.8 Å². The summed E-state index contributed by atoms with van der Waals surface area (Å²) in [5.41, 5.74) is 8.41. The van der Waals surface area contributed by atoms with Crippen LogP contribution in [0.25, 0.3) is 5.70 Å². The number of fused-ring (bicyclic) bond motifs is 1. The second-order valence-electron chi connectivity index (χ2n) is 8.42. The van der Waals surface area contributed by atoms with Gasteiger partial charge in [0.15, 0.2) is 0 Å². The topological polar surface area (TPSA) is 73.5 Å². The van der Waals surface area contributed by atoms with Crippen LogP contribution in [0.4, 0.5) is 0 Å². The van der Waals surface area contributed by atoms with Gasteiger partial charge in [0, 0.05) is 30.9 Å². The Labute approximate surface area is 188 Å². The summed E-state index contributed by atoms with van der Waals surface area (Å²) in [7, 11) is 0. The third kappa shape index (κ3) is 3.97. The van der Waals surface area contributed by atoms with E-state index >= 15 is 0 Å². The zero-order valence-corrected chi connectivity index (χ0v) is 18.5. The number of allylic oxidation sites excluding steroid dienone is 1. The van der Waals surface area contributed by atoms with Gasteiger partial charge in [0.2, 0.25) is 0 Å². The maximum Gasteiger partial charge on any atom is 0.146 e. The highest BCUT2D eigenvalue weighted by Gasteiger charge is 2.26. The Bertz CT molecular complexity index is 1220. The molecule has 2 aliphatic heterocycles. The summed E-state index contributed by atoms with van der Waals surface area (Å²) in [4.78, 5) is 7.27. The van der Waals surface area contributed by atoms with Gasteiger partial charge in [0.1, 0.15) is 11.7 Å².